The van der Waals surface area contributed by atoms with E-state index in [0.29, 0.717) is 0 Å². The zero-order valence-electron chi connectivity index (χ0n) is 9.63. The second-order valence-corrected chi connectivity index (χ2v) is 3.93. The van der Waals surface area contributed by atoms with Gasteiger partial charge < -0.3 is 11.1 Å². The van der Waals surface area contributed by atoms with Crippen molar-refractivity contribution in [3.05, 3.63) is 24.3 Å². The zero-order chi connectivity index (χ0) is 10.9. The molecule has 1 rings (SSSR count). The van der Waals surface area contributed by atoms with Crippen LogP contribution in [0.4, 0.5) is 11.4 Å². The van der Waals surface area contributed by atoms with Gasteiger partial charge >= 0.3 is 0 Å². The normalized spacial score (nSPS) is 10.2. The number of nitrogens with two attached hydrogens (primary N) is 1. The molecule has 15 heavy (non-hydrogen) atoms. The lowest BCUT2D eigenvalue weighted by Gasteiger charge is -2.08. The second kappa shape index (κ2) is 7.16. The van der Waals surface area contributed by atoms with E-state index in [9.17, 15) is 0 Å². The minimum atomic E-state index is 0.839. The van der Waals surface area contributed by atoms with Crippen LogP contribution >= 0.6 is 0 Å². The molecule has 0 atom stereocenters. The molecule has 2 heteroatoms. The molecule has 0 heterocycles. The van der Waals surface area contributed by atoms with E-state index in [1.54, 1.807) is 0 Å². The summed E-state index contributed by atoms with van der Waals surface area (Å²) >= 11 is 0. The molecule has 2 nitrogen and oxygen atoms in total. The maximum Gasteiger partial charge on any atom is 0.0573 e. The van der Waals surface area contributed by atoms with Crippen molar-refractivity contribution in [3.8, 4) is 0 Å². The van der Waals surface area contributed by atoms with Crippen molar-refractivity contribution in [2.75, 3.05) is 17.6 Å². The van der Waals surface area contributed by atoms with Crippen LogP contribution in [-0.2, 0) is 0 Å². The Morgan fingerprint density at radius 3 is 2.53 bits per heavy atom. The summed E-state index contributed by atoms with van der Waals surface area (Å²) in [5.74, 6) is 0. The number of hydrogen-bond donors (Lipinski definition) is 2. The fraction of sp³-hybridized carbons (Fsp3) is 0.538. The summed E-state index contributed by atoms with van der Waals surface area (Å²) in [5.41, 5.74) is 7.72. The molecule has 0 aliphatic rings. The quantitative estimate of drug-likeness (QED) is 0.528. The predicted octanol–water partition coefficient (Wildman–Crippen LogP) is 3.65. The standard InChI is InChI=1S/C13H22N2/c1-2-3-4-5-8-11-15-13-10-7-6-9-12(13)14/h6-7,9-10,15H,2-5,8,11,14H2,1H3. The van der Waals surface area contributed by atoms with Gasteiger partial charge in [-0.3, -0.25) is 0 Å². The van der Waals surface area contributed by atoms with Gasteiger partial charge in [0.15, 0.2) is 0 Å². The van der Waals surface area contributed by atoms with Crippen LogP contribution in [0.15, 0.2) is 24.3 Å². The Labute approximate surface area is 92.9 Å². The number of benzene rings is 1. The van der Waals surface area contributed by atoms with Crippen molar-refractivity contribution in [3.63, 3.8) is 0 Å². The van der Waals surface area contributed by atoms with Crippen LogP contribution in [0.3, 0.4) is 0 Å². The first kappa shape index (κ1) is 11.9. The Kier molecular flexibility index (Phi) is 5.67. The summed E-state index contributed by atoms with van der Waals surface area (Å²) in [4.78, 5) is 0. The van der Waals surface area contributed by atoms with Gasteiger partial charge in [-0.05, 0) is 18.6 Å². The van der Waals surface area contributed by atoms with Gasteiger partial charge in [0.25, 0.3) is 0 Å². The average molecular weight is 206 g/mol. The van der Waals surface area contributed by atoms with E-state index in [1.807, 2.05) is 24.3 Å². The summed E-state index contributed by atoms with van der Waals surface area (Å²) < 4.78 is 0. The lowest BCUT2D eigenvalue weighted by atomic mass is 10.1. The highest BCUT2D eigenvalue weighted by atomic mass is 14.9. The monoisotopic (exact) mass is 206 g/mol. The van der Waals surface area contributed by atoms with Gasteiger partial charge in [-0.25, -0.2) is 0 Å². The maximum absolute atomic E-state index is 5.82. The van der Waals surface area contributed by atoms with Crippen molar-refractivity contribution in [1.29, 1.82) is 0 Å². The summed E-state index contributed by atoms with van der Waals surface area (Å²) in [6, 6.07) is 7.93. The molecule has 0 unspecified atom stereocenters. The van der Waals surface area contributed by atoms with Crippen LogP contribution < -0.4 is 11.1 Å². The minimum Gasteiger partial charge on any atom is -0.397 e. The van der Waals surface area contributed by atoms with Crippen molar-refractivity contribution in [1.82, 2.24) is 0 Å². The molecule has 0 saturated carbocycles. The molecule has 0 fully saturated rings. The van der Waals surface area contributed by atoms with Crippen molar-refractivity contribution >= 4 is 11.4 Å². The molecule has 0 aliphatic heterocycles. The maximum atomic E-state index is 5.82. The van der Waals surface area contributed by atoms with Crippen LogP contribution in [0.2, 0.25) is 0 Å². The number of para-hydroxylation sites is 2. The van der Waals surface area contributed by atoms with Crippen LogP contribution in [0.25, 0.3) is 0 Å². The zero-order valence-corrected chi connectivity index (χ0v) is 9.63. The van der Waals surface area contributed by atoms with E-state index >= 15 is 0 Å². The fourth-order valence-electron chi connectivity index (χ4n) is 1.61. The van der Waals surface area contributed by atoms with Gasteiger partial charge in [-0.15, -0.1) is 0 Å². The van der Waals surface area contributed by atoms with E-state index in [2.05, 4.69) is 12.2 Å². The number of nitrogens with one attached hydrogen (secondary N) is 1. The number of unbranched alkanes of at least 4 members (excludes halogenated alkanes) is 4. The largest absolute Gasteiger partial charge is 0.397 e. The molecule has 3 N–H and O–H groups in total. The molecule has 0 radical (unpaired) electrons. The number of anilines is 2. The number of rotatable bonds is 7. The van der Waals surface area contributed by atoms with Crippen LogP contribution in [0.5, 0.6) is 0 Å². The van der Waals surface area contributed by atoms with Gasteiger partial charge in [0.2, 0.25) is 0 Å². The Morgan fingerprint density at radius 2 is 1.80 bits per heavy atom. The highest BCUT2D eigenvalue weighted by Gasteiger charge is 1.95. The average Bonchev–Trinajstić information content (AvgIpc) is 2.25. The molecule has 0 aliphatic carbocycles. The summed E-state index contributed by atoms with van der Waals surface area (Å²) in [6.45, 7) is 3.26. The highest BCUT2D eigenvalue weighted by Crippen LogP contribution is 2.16. The molecular weight excluding hydrogens is 184 g/mol. The Hall–Kier alpha value is -1.18. The van der Waals surface area contributed by atoms with Crippen LogP contribution in [0.1, 0.15) is 39.0 Å². The predicted molar refractivity (Wildman–Crippen MR) is 68.1 cm³/mol. The highest BCUT2D eigenvalue weighted by molar-refractivity contribution is 5.65. The van der Waals surface area contributed by atoms with E-state index in [1.165, 1.54) is 32.1 Å². The van der Waals surface area contributed by atoms with Gasteiger partial charge in [0.05, 0.1) is 11.4 Å². The molecule has 84 valence electrons. The van der Waals surface area contributed by atoms with E-state index < -0.39 is 0 Å². The van der Waals surface area contributed by atoms with Gasteiger partial charge in [-0.1, -0.05) is 44.7 Å². The third-order valence-corrected chi connectivity index (χ3v) is 2.56. The lowest BCUT2D eigenvalue weighted by Crippen LogP contribution is -2.03. The number of hydrogen-bond acceptors (Lipinski definition) is 2. The molecule has 0 spiro atoms. The van der Waals surface area contributed by atoms with Gasteiger partial charge in [-0.2, -0.15) is 0 Å². The van der Waals surface area contributed by atoms with Crippen molar-refractivity contribution in [2.45, 2.75) is 39.0 Å². The van der Waals surface area contributed by atoms with Crippen molar-refractivity contribution in [2.24, 2.45) is 0 Å². The summed E-state index contributed by atoms with van der Waals surface area (Å²) in [6.07, 6.45) is 6.55. The third kappa shape index (κ3) is 4.73. The minimum absolute atomic E-state index is 0.839. The first-order valence-electron chi connectivity index (χ1n) is 5.93. The van der Waals surface area contributed by atoms with Crippen LogP contribution in [0, 0.1) is 0 Å². The van der Waals surface area contributed by atoms with Gasteiger partial charge in [0.1, 0.15) is 0 Å². The summed E-state index contributed by atoms with van der Waals surface area (Å²) in [7, 11) is 0. The molecule has 1 aromatic carbocycles. The van der Waals surface area contributed by atoms with E-state index in [4.69, 9.17) is 5.73 Å². The molecule has 1 aromatic rings. The first-order chi connectivity index (χ1) is 7.34. The molecule has 0 saturated heterocycles. The Balaban J connectivity index is 2.12. The third-order valence-electron chi connectivity index (χ3n) is 2.56. The molecule has 0 amide bonds. The SMILES string of the molecule is CCCCCCCNc1ccccc1N. The fourth-order valence-corrected chi connectivity index (χ4v) is 1.61. The molecule has 0 bridgehead atoms. The summed E-state index contributed by atoms with van der Waals surface area (Å²) in [5, 5.41) is 3.36. The smallest absolute Gasteiger partial charge is 0.0573 e. The Morgan fingerprint density at radius 1 is 1.07 bits per heavy atom. The number of nitrogen functional groups attached to an aromatic ring is 1. The first-order valence-corrected chi connectivity index (χ1v) is 5.93. The molecular formula is C13H22N2. The molecule has 0 aromatic heterocycles. The van der Waals surface area contributed by atoms with Gasteiger partial charge in [0, 0.05) is 6.54 Å². The lowest BCUT2D eigenvalue weighted by molar-refractivity contribution is 0.645. The van der Waals surface area contributed by atoms with Crippen molar-refractivity contribution < 1.29 is 0 Å². The van der Waals surface area contributed by atoms with E-state index in [-0.39, 0.29) is 0 Å². The topological polar surface area (TPSA) is 38.0 Å². The van der Waals surface area contributed by atoms with E-state index in [0.717, 1.165) is 17.9 Å². The second-order valence-electron chi connectivity index (χ2n) is 3.93. The van der Waals surface area contributed by atoms with Crippen LogP contribution in [-0.4, -0.2) is 6.54 Å². The Bertz CT molecular complexity index is 271.